The molecule has 32 heavy (non-hydrogen) atoms. The third kappa shape index (κ3) is 6.72. The quantitative estimate of drug-likeness (QED) is 0.211. The summed E-state index contributed by atoms with van der Waals surface area (Å²) < 4.78 is 11.5. The Bertz CT molecular complexity index is 1020. The van der Waals surface area contributed by atoms with Crippen molar-refractivity contribution in [2.24, 2.45) is 4.99 Å². The summed E-state index contributed by atoms with van der Waals surface area (Å²) >= 11 is 0. The van der Waals surface area contributed by atoms with Gasteiger partial charge in [0, 0.05) is 18.1 Å². The Labute approximate surface area is 207 Å². The van der Waals surface area contributed by atoms with Crippen LogP contribution in [-0.2, 0) is 6.54 Å². The standard InChI is InChI=1S/C25H32N4O2.HI/c1-5-26-25(28-17-22-21-11-9-8-10-19(21)14-15-27-22)29-18(4)20-12-13-23(30-6-2)24(16-20)31-7-3;/h8-16,18H,5-7,17H2,1-4H3,(H2,26,28,29);1H. The number of benzene rings is 2. The molecule has 3 aromatic rings. The lowest BCUT2D eigenvalue weighted by molar-refractivity contribution is 0.287. The van der Waals surface area contributed by atoms with E-state index in [1.165, 1.54) is 5.39 Å². The predicted octanol–water partition coefficient (Wildman–Crippen LogP) is 5.47. The van der Waals surface area contributed by atoms with E-state index >= 15 is 0 Å². The molecule has 0 aliphatic rings. The third-order valence-electron chi connectivity index (χ3n) is 4.91. The van der Waals surface area contributed by atoms with Gasteiger partial charge in [-0.3, -0.25) is 4.98 Å². The molecule has 0 saturated carbocycles. The summed E-state index contributed by atoms with van der Waals surface area (Å²) in [5.74, 6) is 2.27. The van der Waals surface area contributed by atoms with E-state index in [1.54, 1.807) is 0 Å². The van der Waals surface area contributed by atoms with E-state index < -0.39 is 0 Å². The van der Waals surface area contributed by atoms with Gasteiger partial charge in [-0.05, 0) is 56.8 Å². The summed E-state index contributed by atoms with van der Waals surface area (Å²) in [6.07, 6.45) is 1.84. The summed E-state index contributed by atoms with van der Waals surface area (Å²) in [5.41, 5.74) is 2.06. The Balaban J connectivity index is 0.00000363. The van der Waals surface area contributed by atoms with Crippen LogP contribution in [0.25, 0.3) is 10.8 Å². The lowest BCUT2D eigenvalue weighted by atomic mass is 10.1. The van der Waals surface area contributed by atoms with Crippen molar-refractivity contribution in [1.82, 2.24) is 15.6 Å². The second kappa shape index (κ2) is 13.1. The molecule has 1 aromatic heterocycles. The molecule has 0 aliphatic carbocycles. The molecule has 0 spiro atoms. The second-order valence-corrected chi connectivity index (χ2v) is 7.11. The average Bonchev–Trinajstić information content (AvgIpc) is 2.79. The lowest BCUT2D eigenvalue weighted by Crippen LogP contribution is -2.38. The van der Waals surface area contributed by atoms with Crippen LogP contribution in [0.1, 0.15) is 45.0 Å². The fraction of sp³-hybridized carbons (Fsp3) is 0.360. The maximum atomic E-state index is 5.77. The predicted molar refractivity (Wildman–Crippen MR) is 142 cm³/mol. The zero-order valence-corrected chi connectivity index (χ0v) is 21.6. The topological polar surface area (TPSA) is 67.8 Å². The number of guanidine groups is 1. The van der Waals surface area contributed by atoms with Crippen molar-refractivity contribution < 1.29 is 9.47 Å². The van der Waals surface area contributed by atoms with Crippen molar-refractivity contribution in [1.29, 1.82) is 0 Å². The summed E-state index contributed by atoms with van der Waals surface area (Å²) in [6, 6.07) is 16.4. The molecule has 7 heteroatoms. The number of aromatic nitrogens is 1. The van der Waals surface area contributed by atoms with Crippen molar-refractivity contribution in [3.63, 3.8) is 0 Å². The number of pyridine rings is 1. The Morgan fingerprint density at radius 2 is 1.75 bits per heavy atom. The molecule has 0 fully saturated rings. The number of hydrogen-bond acceptors (Lipinski definition) is 4. The number of nitrogens with zero attached hydrogens (tertiary/aromatic N) is 2. The summed E-state index contributed by atoms with van der Waals surface area (Å²) in [4.78, 5) is 9.32. The molecule has 2 N–H and O–H groups in total. The molecule has 1 atom stereocenters. The number of nitrogens with one attached hydrogen (secondary N) is 2. The molecule has 0 radical (unpaired) electrons. The first-order valence-corrected chi connectivity index (χ1v) is 10.9. The zero-order valence-electron chi connectivity index (χ0n) is 19.2. The largest absolute Gasteiger partial charge is 0.490 e. The molecule has 1 unspecified atom stereocenters. The van der Waals surface area contributed by atoms with E-state index in [1.807, 2.05) is 50.4 Å². The molecule has 0 aliphatic heterocycles. The minimum absolute atomic E-state index is 0. The lowest BCUT2D eigenvalue weighted by Gasteiger charge is -2.20. The molecule has 2 aromatic carbocycles. The summed E-state index contributed by atoms with van der Waals surface area (Å²) in [7, 11) is 0. The van der Waals surface area contributed by atoms with E-state index in [0.29, 0.717) is 19.8 Å². The maximum absolute atomic E-state index is 5.77. The Kier molecular flexibility index (Phi) is 10.5. The second-order valence-electron chi connectivity index (χ2n) is 7.11. The van der Waals surface area contributed by atoms with Crippen LogP contribution in [0.2, 0.25) is 0 Å². The number of halogens is 1. The van der Waals surface area contributed by atoms with Crippen LogP contribution in [0.3, 0.4) is 0 Å². The van der Waals surface area contributed by atoms with E-state index in [0.717, 1.165) is 40.6 Å². The maximum Gasteiger partial charge on any atom is 0.192 e. The molecule has 0 saturated heterocycles. The van der Waals surface area contributed by atoms with Crippen LogP contribution in [0.5, 0.6) is 11.5 Å². The van der Waals surface area contributed by atoms with Crippen LogP contribution in [-0.4, -0.2) is 30.7 Å². The van der Waals surface area contributed by atoms with Crippen molar-refractivity contribution in [3.8, 4) is 11.5 Å². The number of ether oxygens (including phenoxy) is 2. The van der Waals surface area contributed by atoms with E-state index in [9.17, 15) is 0 Å². The van der Waals surface area contributed by atoms with Crippen LogP contribution in [0.4, 0.5) is 0 Å². The minimum atomic E-state index is 0. The molecule has 0 amide bonds. The van der Waals surface area contributed by atoms with Gasteiger partial charge < -0.3 is 20.1 Å². The van der Waals surface area contributed by atoms with Gasteiger partial charge in [-0.1, -0.05) is 30.3 Å². The highest BCUT2D eigenvalue weighted by molar-refractivity contribution is 14.0. The highest BCUT2D eigenvalue weighted by atomic mass is 127. The van der Waals surface area contributed by atoms with E-state index in [-0.39, 0.29) is 30.0 Å². The Morgan fingerprint density at radius 3 is 2.50 bits per heavy atom. The number of aliphatic imine (C=N–C) groups is 1. The fourth-order valence-electron chi connectivity index (χ4n) is 3.41. The van der Waals surface area contributed by atoms with Crippen LogP contribution in [0, 0.1) is 0 Å². The first-order chi connectivity index (χ1) is 15.2. The first kappa shape index (κ1) is 25.7. The van der Waals surface area contributed by atoms with E-state index in [2.05, 4.69) is 47.7 Å². The van der Waals surface area contributed by atoms with Crippen LogP contribution in [0.15, 0.2) is 59.7 Å². The monoisotopic (exact) mass is 548 g/mol. The SMILES string of the molecule is CCNC(=NCc1nccc2ccccc12)NC(C)c1ccc(OCC)c(OCC)c1.I. The van der Waals surface area contributed by atoms with Gasteiger partial charge in [-0.25, -0.2) is 4.99 Å². The van der Waals surface area contributed by atoms with Gasteiger partial charge in [0.25, 0.3) is 0 Å². The van der Waals surface area contributed by atoms with Crippen molar-refractivity contribution >= 4 is 40.7 Å². The summed E-state index contributed by atoms with van der Waals surface area (Å²) in [6.45, 7) is 10.6. The van der Waals surface area contributed by atoms with Crippen LogP contribution >= 0.6 is 24.0 Å². The van der Waals surface area contributed by atoms with Gasteiger partial charge in [0.2, 0.25) is 0 Å². The molecule has 0 bridgehead atoms. The fourth-order valence-corrected chi connectivity index (χ4v) is 3.41. The Morgan fingerprint density at radius 1 is 1.00 bits per heavy atom. The van der Waals surface area contributed by atoms with Crippen LogP contribution < -0.4 is 20.1 Å². The Hall–Kier alpha value is -2.55. The van der Waals surface area contributed by atoms with Gasteiger partial charge in [0.15, 0.2) is 17.5 Å². The highest BCUT2D eigenvalue weighted by Gasteiger charge is 2.13. The highest BCUT2D eigenvalue weighted by Crippen LogP contribution is 2.30. The number of rotatable bonds is 9. The molecule has 6 nitrogen and oxygen atoms in total. The van der Waals surface area contributed by atoms with Gasteiger partial charge >= 0.3 is 0 Å². The van der Waals surface area contributed by atoms with Gasteiger partial charge in [0.1, 0.15) is 0 Å². The first-order valence-electron chi connectivity index (χ1n) is 10.9. The molecular formula is C25H33IN4O2. The normalized spacial score (nSPS) is 12.1. The van der Waals surface area contributed by atoms with Crippen molar-refractivity contribution in [3.05, 3.63) is 66.0 Å². The minimum Gasteiger partial charge on any atom is -0.490 e. The average molecular weight is 548 g/mol. The van der Waals surface area contributed by atoms with Crippen molar-refractivity contribution in [2.45, 2.75) is 40.3 Å². The van der Waals surface area contributed by atoms with Gasteiger partial charge in [-0.2, -0.15) is 0 Å². The van der Waals surface area contributed by atoms with Crippen molar-refractivity contribution in [2.75, 3.05) is 19.8 Å². The van der Waals surface area contributed by atoms with Gasteiger partial charge in [0.05, 0.1) is 31.5 Å². The molecular weight excluding hydrogens is 515 g/mol. The zero-order chi connectivity index (χ0) is 22.1. The number of fused-ring (bicyclic) bond motifs is 1. The van der Waals surface area contributed by atoms with Gasteiger partial charge in [-0.15, -0.1) is 24.0 Å². The number of hydrogen-bond donors (Lipinski definition) is 2. The smallest absolute Gasteiger partial charge is 0.192 e. The molecule has 172 valence electrons. The summed E-state index contributed by atoms with van der Waals surface area (Å²) in [5, 5.41) is 9.12. The third-order valence-corrected chi connectivity index (χ3v) is 4.91. The molecule has 1 heterocycles. The van der Waals surface area contributed by atoms with E-state index in [4.69, 9.17) is 14.5 Å². The molecule has 3 rings (SSSR count).